The van der Waals surface area contributed by atoms with Gasteiger partial charge in [0, 0.05) is 9.13 Å². The van der Waals surface area contributed by atoms with E-state index in [1.165, 1.54) is 37.4 Å². The number of methoxy groups -OCH3 is 1. The Hall–Kier alpha value is -2.03. The minimum absolute atomic E-state index is 0.0392. The molecule has 2 aromatic carbocycles. The number of hydrogen-bond acceptors (Lipinski definition) is 3. The highest BCUT2D eigenvalue weighted by Gasteiger charge is 2.27. The molecule has 0 aliphatic heterocycles. The first-order chi connectivity index (χ1) is 11.3. The zero-order valence-corrected chi connectivity index (χ0v) is 14.6. The maximum atomic E-state index is 12.8. The van der Waals surface area contributed by atoms with Gasteiger partial charge in [0.15, 0.2) is 0 Å². The Morgan fingerprint density at radius 1 is 1.08 bits per heavy atom. The van der Waals surface area contributed by atoms with Crippen LogP contribution < -0.4 is 4.74 Å². The Balaban J connectivity index is 2.35. The smallest absolute Gasteiger partial charge is 0.413 e. The predicted molar refractivity (Wildman–Crippen MR) is 91.6 cm³/mol. The average Bonchev–Trinajstić information content (AvgIpc) is 2.53. The Kier molecular flexibility index (Phi) is 5.87. The topological polar surface area (TPSA) is 35.5 Å². The molecule has 126 valence electrons. The van der Waals surface area contributed by atoms with E-state index in [0.717, 1.165) is 0 Å². The number of esters is 1. The SMILES string of the molecule is COc1ccc(/C(=C\C(F)(F)F)OC(=O)c2ccccc2I)cc1. The summed E-state index contributed by atoms with van der Waals surface area (Å²) in [5.74, 6) is -0.949. The van der Waals surface area contributed by atoms with E-state index in [2.05, 4.69) is 0 Å². The molecular weight excluding hydrogens is 436 g/mol. The van der Waals surface area contributed by atoms with Gasteiger partial charge < -0.3 is 9.47 Å². The Morgan fingerprint density at radius 2 is 1.71 bits per heavy atom. The van der Waals surface area contributed by atoms with E-state index in [1.807, 2.05) is 22.6 Å². The third-order valence-electron chi connectivity index (χ3n) is 2.97. The van der Waals surface area contributed by atoms with E-state index in [-0.39, 0.29) is 17.2 Å². The molecule has 0 atom stereocenters. The first kappa shape index (κ1) is 18.3. The van der Waals surface area contributed by atoms with Gasteiger partial charge in [-0.15, -0.1) is 0 Å². The lowest BCUT2D eigenvalue weighted by Gasteiger charge is -2.12. The summed E-state index contributed by atoms with van der Waals surface area (Å²) in [6.07, 6.45) is -4.66. The van der Waals surface area contributed by atoms with E-state index >= 15 is 0 Å². The molecule has 0 bridgehead atoms. The zero-order chi connectivity index (χ0) is 17.7. The lowest BCUT2D eigenvalue weighted by molar-refractivity contribution is -0.0802. The number of hydrogen-bond donors (Lipinski definition) is 0. The number of alkyl halides is 3. The molecule has 0 heterocycles. The summed E-state index contributed by atoms with van der Waals surface area (Å²) in [5, 5.41) is 0. The average molecular weight is 448 g/mol. The van der Waals surface area contributed by atoms with Crippen LogP contribution in [0.4, 0.5) is 13.2 Å². The molecule has 0 spiro atoms. The van der Waals surface area contributed by atoms with Gasteiger partial charge in [-0.3, -0.25) is 0 Å². The fourth-order valence-electron chi connectivity index (χ4n) is 1.86. The van der Waals surface area contributed by atoms with Crippen molar-refractivity contribution in [2.24, 2.45) is 0 Å². The van der Waals surface area contributed by atoms with Gasteiger partial charge in [-0.1, -0.05) is 12.1 Å². The van der Waals surface area contributed by atoms with Crippen molar-refractivity contribution in [1.82, 2.24) is 0 Å². The fourth-order valence-corrected chi connectivity index (χ4v) is 2.46. The van der Waals surface area contributed by atoms with Gasteiger partial charge in [0.1, 0.15) is 11.5 Å². The number of rotatable bonds is 4. The molecule has 2 aromatic rings. The van der Waals surface area contributed by atoms with Crippen molar-refractivity contribution >= 4 is 34.3 Å². The molecule has 3 nitrogen and oxygen atoms in total. The quantitative estimate of drug-likeness (QED) is 0.373. The van der Waals surface area contributed by atoms with E-state index in [9.17, 15) is 18.0 Å². The Labute approximate surface area is 150 Å². The predicted octanol–water partition coefficient (Wildman–Crippen LogP) is 5.06. The Bertz CT molecular complexity index is 752. The largest absolute Gasteiger partial charge is 0.497 e. The summed E-state index contributed by atoms with van der Waals surface area (Å²) in [6.45, 7) is 0. The molecule has 0 radical (unpaired) electrons. The van der Waals surface area contributed by atoms with Gasteiger partial charge in [0.25, 0.3) is 0 Å². The maximum absolute atomic E-state index is 12.8. The summed E-state index contributed by atoms with van der Waals surface area (Å²) in [5.41, 5.74) is 0.312. The molecule has 24 heavy (non-hydrogen) atoms. The van der Waals surface area contributed by atoms with Gasteiger partial charge in [-0.2, -0.15) is 13.2 Å². The molecule has 0 saturated heterocycles. The van der Waals surface area contributed by atoms with Crippen molar-refractivity contribution in [2.75, 3.05) is 7.11 Å². The standard InChI is InChI=1S/C17H12F3IO3/c1-23-12-8-6-11(7-9-12)15(10-17(18,19)20)24-16(22)13-4-2-3-5-14(13)21/h2-10H,1H3/b15-10+. The van der Waals surface area contributed by atoms with Crippen LogP contribution in [0.15, 0.2) is 54.6 Å². The van der Waals surface area contributed by atoms with E-state index < -0.39 is 17.9 Å². The first-order valence-corrected chi connectivity index (χ1v) is 7.79. The van der Waals surface area contributed by atoms with Gasteiger partial charge in [-0.25, -0.2) is 4.79 Å². The second-order valence-corrected chi connectivity index (χ2v) is 5.81. The first-order valence-electron chi connectivity index (χ1n) is 6.71. The van der Waals surface area contributed by atoms with Crippen molar-refractivity contribution in [1.29, 1.82) is 0 Å². The number of carbonyl (C=O) groups is 1. The van der Waals surface area contributed by atoms with Crippen molar-refractivity contribution in [2.45, 2.75) is 6.18 Å². The van der Waals surface area contributed by atoms with Gasteiger partial charge in [0.05, 0.1) is 18.7 Å². The minimum Gasteiger partial charge on any atom is -0.497 e. The highest BCUT2D eigenvalue weighted by molar-refractivity contribution is 14.1. The second kappa shape index (κ2) is 7.69. The zero-order valence-electron chi connectivity index (χ0n) is 12.4. The van der Waals surface area contributed by atoms with Crippen molar-refractivity contribution in [3.63, 3.8) is 0 Å². The van der Waals surface area contributed by atoms with E-state index in [0.29, 0.717) is 9.32 Å². The van der Waals surface area contributed by atoms with Crippen LogP contribution in [-0.2, 0) is 4.74 Å². The highest BCUT2D eigenvalue weighted by atomic mass is 127. The molecule has 0 aromatic heterocycles. The van der Waals surface area contributed by atoms with E-state index in [4.69, 9.17) is 9.47 Å². The minimum atomic E-state index is -4.63. The summed E-state index contributed by atoms with van der Waals surface area (Å²) in [6, 6.07) is 12.2. The molecule has 0 fully saturated rings. The Morgan fingerprint density at radius 3 is 2.25 bits per heavy atom. The second-order valence-electron chi connectivity index (χ2n) is 4.65. The van der Waals surface area contributed by atoms with Crippen LogP contribution in [0.3, 0.4) is 0 Å². The lowest BCUT2D eigenvalue weighted by atomic mass is 10.1. The summed E-state index contributed by atoms with van der Waals surface area (Å²) in [7, 11) is 1.44. The molecular formula is C17H12F3IO3. The van der Waals surface area contributed by atoms with Crippen molar-refractivity contribution in [3.8, 4) is 5.75 Å². The van der Waals surface area contributed by atoms with Crippen LogP contribution in [0, 0.1) is 3.57 Å². The number of halogens is 4. The van der Waals surface area contributed by atoms with Crippen molar-refractivity contribution < 1.29 is 27.4 Å². The third-order valence-corrected chi connectivity index (χ3v) is 3.91. The van der Waals surface area contributed by atoms with Crippen molar-refractivity contribution in [3.05, 3.63) is 69.3 Å². The number of allylic oxidation sites excluding steroid dienone is 1. The molecule has 7 heteroatoms. The summed E-state index contributed by atoms with van der Waals surface area (Å²) < 4.78 is 48.9. The molecule has 0 N–H and O–H groups in total. The molecule has 0 amide bonds. The summed E-state index contributed by atoms with van der Waals surface area (Å²) >= 11 is 1.92. The fraction of sp³-hybridized carbons (Fsp3) is 0.118. The maximum Gasteiger partial charge on any atom is 0.413 e. The van der Waals surface area contributed by atoms with Gasteiger partial charge >= 0.3 is 12.1 Å². The normalized spacial score (nSPS) is 12.0. The van der Waals surface area contributed by atoms with Crippen LogP contribution in [0.2, 0.25) is 0 Å². The van der Waals surface area contributed by atoms with Crippen LogP contribution in [0.25, 0.3) is 5.76 Å². The lowest BCUT2D eigenvalue weighted by Crippen LogP contribution is -2.10. The molecule has 0 aliphatic rings. The van der Waals surface area contributed by atoms with E-state index in [1.54, 1.807) is 18.2 Å². The number of ether oxygens (including phenoxy) is 2. The monoisotopic (exact) mass is 448 g/mol. The molecule has 0 unspecified atom stereocenters. The van der Waals surface area contributed by atoms with Gasteiger partial charge in [0.2, 0.25) is 0 Å². The molecule has 0 aliphatic carbocycles. The molecule has 2 rings (SSSR count). The number of benzene rings is 2. The van der Waals surface area contributed by atoms with Crippen LogP contribution in [0.1, 0.15) is 15.9 Å². The van der Waals surface area contributed by atoms with Crippen LogP contribution >= 0.6 is 22.6 Å². The molecule has 0 saturated carbocycles. The number of carbonyl (C=O) groups excluding carboxylic acids is 1. The van der Waals surface area contributed by atoms with Gasteiger partial charge in [-0.05, 0) is 59.0 Å². The highest BCUT2D eigenvalue weighted by Crippen LogP contribution is 2.27. The third kappa shape index (κ3) is 4.98. The van der Waals surface area contributed by atoms with Crippen LogP contribution in [-0.4, -0.2) is 19.3 Å². The summed E-state index contributed by atoms with van der Waals surface area (Å²) in [4.78, 5) is 12.2. The van der Waals surface area contributed by atoms with Crippen LogP contribution in [0.5, 0.6) is 5.75 Å².